The summed E-state index contributed by atoms with van der Waals surface area (Å²) in [5.74, 6) is 11.0. The van der Waals surface area contributed by atoms with Crippen LogP contribution in [0, 0.1) is 37.0 Å². The minimum absolute atomic E-state index is 0.156. The predicted molar refractivity (Wildman–Crippen MR) is 139 cm³/mol. The number of pyridine rings is 1. The molecule has 1 aromatic carbocycles. The van der Waals surface area contributed by atoms with Crippen molar-refractivity contribution < 1.29 is 13.7 Å². The van der Waals surface area contributed by atoms with E-state index in [4.69, 9.17) is 20.3 Å². The van der Waals surface area contributed by atoms with Gasteiger partial charge < -0.3 is 14.8 Å². The molecule has 0 spiro atoms. The highest BCUT2D eigenvalue weighted by molar-refractivity contribution is 7.86. The Balaban J connectivity index is 1.46. The second kappa shape index (κ2) is 8.10. The number of benzene rings is 1. The van der Waals surface area contributed by atoms with Gasteiger partial charge in [-0.3, -0.25) is 14.2 Å². The molecule has 2 heterocycles. The van der Waals surface area contributed by atoms with Gasteiger partial charge in [0.1, 0.15) is 11.5 Å². The van der Waals surface area contributed by atoms with E-state index in [1.807, 2.05) is 43.3 Å². The van der Waals surface area contributed by atoms with Gasteiger partial charge in [0.05, 0.1) is 47.8 Å². The van der Waals surface area contributed by atoms with Gasteiger partial charge in [-0.25, -0.2) is 5.84 Å². The lowest BCUT2D eigenvalue weighted by atomic mass is 9.48. The fourth-order valence-electron chi connectivity index (χ4n) is 8.13. The number of aryl methyl sites for hydroxylation is 1. The molecule has 2 aromatic rings. The van der Waals surface area contributed by atoms with Crippen LogP contribution in [0.15, 0.2) is 24.4 Å². The van der Waals surface area contributed by atoms with E-state index < -0.39 is 15.8 Å². The van der Waals surface area contributed by atoms with Crippen LogP contribution in [0.5, 0.6) is 11.5 Å². The zero-order valence-corrected chi connectivity index (χ0v) is 21.9. The van der Waals surface area contributed by atoms with Crippen molar-refractivity contribution in [3.05, 3.63) is 41.2 Å². The molecule has 4 bridgehead atoms. The number of hydrazine groups is 1. The summed E-state index contributed by atoms with van der Waals surface area (Å²) in [6, 6.07) is 5.89. The summed E-state index contributed by atoms with van der Waals surface area (Å²) < 4.78 is 25.9. The van der Waals surface area contributed by atoms with Gasteiger partial charge in [0.15, 0.2) is 0 Å². The summed E-state index contributed by atoms with van der Waals surface area (Å²) in [6.45, 7) is 3.99. The highest BCUT2D eigenvalue weighted by atomic mass is 32.2. The Hall–Kier alpha value is -2.32. The minimum atomic E-state index is -1.38. The van der Waals surface area contributed by atoms with E-state index in [1.54, 1.807) is 14.2 Å². The first kappa shape index (κ1) is 23.1. The van der Waals surface area contributed by atoms with E-state index in [2.05, 4.69) is 5.32 Å². The van der Waals surface area contributed by atoms with Crippen molar-refractivity contribution >= 4 is 22.2 Å². The van der Waals surface area contributed by atoms with Crippen molar-refractivity contribution in [2.45, 2.75) is 63.1 Å². The van der Waals surface area contributed by atoms with Gasteiger partial charge in [-0.15, -0.1) is 0 Å². The molecule has 2 unspecified atom stereocenters. The Morgan fingerprint density at radius 1 is 1.11 bits per heavy atom. The van der Waals surface area contributed by atoms with Gasteiger partial charge in [0.25, 0.3) is 0 Å². The lowest BCUT2D eigenvalue weighted by Crippen LogP contribution is -2.71. The molecule has 8 heteroatoms. The molecular weight excluding hydrogens is 460 g/mol. The highest BCUT2D eigenvalue weighted by Gasteiger charge is 2.67. The quantitative estimate of drug-likeness (QED) is 0.563. The average molecular weight is 497 g/mol. The highest BCUT2D eigenvalue weighted by Crippen LogP contribution is 2.67. The molecule has 2 atom stereocenters. The van der Waals surface area contributed by atoms with Crippen molar-refractivity contribution in [2.24, 2.45) is 29.0 Å². The normalized spacial score (nSPS) is 33.4. The molecule has 3 N–H and O–H groups in total. The number of aromatic nitrogens is 1. The fraction of sp³-hybridized carbons (Fsp3) is 0.593. The van der Waals surface area contributed by atoms with Gasteiger partial charge >= 0.3 is 0 Å². The van der Waals surface area contributed by atoms with E-state index in [0.29, 0.717) is 23.5 Å². The second-order valence-electron chi connectivity index (χ2n) is 11.3. The number of hydrogen-bond donors (Lipinski definition) is 2. The topological polar surface area (TPSA) is 89.7 Å². The van der Waals surface area contributed by atoms with E-state index in [-0.39, 0.29) is 5.41 Å². The first-order chi connectivity index (χ1) is 16.8. The number of nitrogens with one attached hydrogen (secondary N) is 1. The summed E-state index contributed by atoms with van der Waals surface area (Å²) >= 11 is 0. The van der Waals surface area contributed by atoms with Crippen LogP contribution in [-0.2, 0) is 16.6 Å². The first-order valence-corrected chi connectivity index (χ1v) is 14.0. The smallest absolute Gasteiger partial charge is 0.208 e. The van der Waals surface area contributed by atoms with Crippen LogP contribution >= 0.6 is 0 Å². The zero-order valence-electron chi connectivity index (χ0n) is 21.1. The molecule has 0 saturated heterocycles. The molecule has 1 aromatic heterocycles. The SMILES string of the molecule is COc1ccc2c(c1)NC(S(=O)Cc1ncc(C)c(OC)c1C)(C13CC4CC(CC(C4)C1)C3)N2N. The van der Waals surface area contributed by atoms with E-state index >= 15 is 0 Å². The third-order valence-electron chi connectivity index (χ3n) is 9.21. The Labute approximate surface area is 210 Å². The number of ether oxygens (including phenoxy) is 2. The zero-order chi connectivity index (χ0) is 24.5. The average Bonchev–Trinajstić information content (AvgIpc) is 3.13. The first-order valence-electron chi connectivity index (χ1n) is 12.7. The maximum atomic E-state index is 14.7. The van der Waals surface area contributed by atoms with Crippen molar-refractivity contribution in [3.8, 4) is 11.5 Å². The van der Waals surface area contributed by atoms with Crippen LogP contribution < -0.4 is 25.6 Å². The summed E-state index contributed by atoms with van der Waals surface area (Å²) in [5.41, 5.74) is 4.34. The van der Waals surface area contributed by atoms with Gasteiger partial charge in [0.2, 0.25) is 4.99 Å². The molecule has 188 valence electrons. The van der Waals surface area contributed by atoms with E-state index in [9.17, 15) is 4.21 Å². The minimum Gasteiger partial charge on any atom is -0.497 e. The molecule has 7 nitrogen and oxygen atoms in total. The lowest BCUT2D eigenvalue weighted by molar-refractivity contribution is -0.0709. The molecular formula is C27H36N4O3S. The lowest BCUT2D eigenvalue weighted by Gasteiger charge is -2.63. The summed E-state index contributed by atoms with van der Waals surface area (Å²) in [6.07, 6.45) is 8.95. The van der Waals surface area contributed by atoms with E-state index in [1.165, 1.54) is 19.3 Å². The number of rotatable bonds is 6. The number of nitrogens with zero attached hydrogens (tertiary/aromatic N) is 2. The molecule has 4 saturated carbocycles. The Bertz CT molecular complexity index is 1170. The standard InChI is InChI=1S/C27H36N4O3S/c1-16-14-29-23(17(2)25(16)34-4)15-35(32)27(26-11-18-7-19(12-26)9-20(8-18)13-26)30-22-10-21(33-3)5-6-24(22)31(27)28/h5-6,10,14,18-20,30H,7-9,11-13,15,28H2,1-4H3. The van der Waals surface area contributed by atoms with Gasteiger partial charge in [-0.2, -0.15) is 0 Å². The van der Waals surface area contributed by atoms with E-state index in [0.717, 1.165) is 59.0 Å². The van der Waals surface area contributed by atoms with Crippen molar-refractivity contribution in [1.29, 1.82) is 0 Å². The molecule has 1 aliphatic heterocycles. The van der Waals surface area contributed by atoms with Crippen LogP contribution in [0.4, 0.5) is 11.4 Å². The van der Waals surface area contributed by atoms with Crippen LogP contribution in [0.25, 0.3) is 0 Å². The van der Waals surface area contributed by atoms with Crippen molar-refractivity contribution in [1.82, 2.24) is 4.98 Å². The summed E-state index contributed by atoms with van der Waals surface area (Å²) in [5, 5.41) is 5.58. The maximum absolute atomic E-state index is 14.7. The Kier molecular flexibility index (Phi) is 5.35. The third kappa shape index (κ3) is 3.25. The van der Waals surface area contributed by atoms with Crippen LogP contribution in [0.1, 0.15) is 55.3 Å². The fourth-order valence-corrected chi connectivity index (χ4v) is 10.2. The molecule has 35 heavy (non-hydrogen) atoms. The molecule has 5 aliphatic rings. The van der Waals surface area contributed by atoms with Crippen LogP contribution in [0.3, 0.4) is 0 Å². The summed E-state index contributed by atoms with van der Waals surface area (Å²) in [7, 11) is 1.97. The van der Waals surface area contributed by atoms with Crippen molar-refractivity contribution in [2.75, 3.05) is 24.5 Å². The molecule has 4 aliphatic carbocycles. The van der Waals surface area contributed by atoms with Gasteiger partial charge in [-0.1, -0.05) is 0 Å². The largest absolute Gasteiger partial charge is 0.497 e. The monoisotopic (exact) mass is 496 g/mol. The van der Waals surface area contributed by atoms with Gasteiger partial charge in [-0.05, 0) is 82.3 Å². The van der Waals surface area contributed by atoms with Crippen LogP contribution in [0.2, 0.25) is 0 Å². The number of hydrogen-bond acceptors (Lipinski definition) is 7. The summed E-state index contributed by atoms with van der Waals surface area (Å²) in [4.78, 5) is 3.80. The van der Waals surface area contributed by atoms with Crippen molar-refractivity contribution in [3.63, 3.8) is 0 Å². The number of nitrogens with two attached hydrogens (primary N) is 1. The molecule has 0 radical (unpaired) electrons. The molecule has 7 rings (SSSR count). The third-order valence-corrected chi connectivity index (χ3v) is 11.1. The molecule has 0 amide bonds. The Morgan fingerprint density at radius 3 is 2.37 bits per heavy atom. The second-order valence-corrected chi connectivity index (χ2v) is 12.8. The number of methoxy groups -OCH3 is 2. The number of anilines is 2. The predicted octanol–water partition coefficient (Wildman–Crippen LogP) is 4.64. The maximum Gasteiger partial charge on any atom is 0.208 e. The van der Waals surface area contributed by atoms with Crippen LogP contribution in [-0.4, -0.2) is 28.4 Å². The number of fused-ring (bicyclic) bond motifs is 1. The Morgan fingerprint density at radius 2 is 1.77 bits per heavy atom. The van der Waals surface area contributed by atoms with Gasteiger partial charge in [0, 0.05) is 28.8 Å². The molecule has 4 fully saturated rings.